The summed E-state index contributed by atoms with van der Waals surface area (Å²) in [4.78, 5) is 21.6. The molecule has 0 aliphatic rings. The third kappa shape index (κ3) is 1.83. The van der Waals surface area contributed by atoms with Gasteiger partial charge in [0, 0.05) is 11.3 Å². The number of carbonyl (C=O) groups excluding carboxylic acids is 2. The molecule has 13 heavy (non-hydrogen) atoms. The molecule has 1 amide bonds. The molecule has 0 atom stereocenters. The Morgan fingerprint density at radius 2 is 2.15 bits per heavy atom. The van der Waals surface area contributed by atoms with Crippen LogP contribution < -0.4 is 17.0 Å². The van der Waals surface area contributed by atoms with Crippen molar-refractivity contribution in [2.24, 2.45) is 5.84 Å². The zero-order chi connectivity index (χ0) is 9.84. The number of benzene rings is 1. The van der Waals surface area contributed by atoms with Gasteiger partial charge in [-0.1, -0.05) is 0 Å². The van der Waals surface area contributed by atoms with Crippen LogP contribution in [0.25, 0.3) is 0 Å². The minimum atomic E-state index is -0.533. The molecule has 5 heteroatoms. The number of rotatable bonds is 2. The number of hydrogen-bond acceptors (Lipinski definition) is 4. The Labute approximate surface area is 74.7 Å². The zero-order valence-corrected chi connectivity index (χ0v) is 6.78. The van der Waals surface area contributed by atoms with Crippen molar-refractivity contribution in [1.29, 1.82) is 0 Å². The van der Waals surface area contributed by atoms with Crippen molar-refractivity contribution in [2.45, 2.75) is 0 Å². The Bertz CT molecular complexity index is 349. The van der Waals surface area contributed by atoms with Crippen LogP contribution in [0.2, 0.25) is 0 Å². The highest BCUT2D eigenvalue weighted by molar-refractivity contribution is 6.01. The maximum atomic E-state index is 11.1. The number of nitrogens with one attached hydrogen (secondary N) is 1. The van der Waals surface area contributed by atoms with Crippen LogP contribution >= 0.6 is 0 Å². The Morgan fingerprint density at radius 3 is 2.69 bits per heavy atom. The Morgan fingerprint density at radius 1 is 1.46 bits per heavy atom. The second kappa shape index (κ2) is 3.68. The van der Waals surface area contributed by atoms with Gasteiger partial charge in [0.2, 0.25) is 0 Å². The summed E-state index contributed by atoms with van der Waals surface area (Å²) in [5, 5.41) is 0. The number of hydrogen-bond donors (Lipinski definition) is 3. The van der Waals surface area contributed by atoms with Gasteiger partial charge in [0.15, 0.2) is 6.29 Å². The van der Waals surface area contributed by atoms with E-state index >= 15 is 0 Å². The number of nitrogens with two attached hydrogens (primary N) is 2. The molecule has 0 fully saturated rings. The summed E-state index contributed by atoms with van der Waals surface area (Å²) in [5.74, 6) is 4.39. The standard InChI is InChI=1S/C8H9N3O2/c9-6-2-1-5(4-12)7(3-6)8(13)11-10/h1-4H,9-10H2,(H,11,13). The van der Waals surface area contributed by atoms with Crippen molar-refractivity contribution in [2.75, 3.05) is 5.73 Å². The molecule has 0 bridgehead atoms. The summed E-state index contributed by atoms with van der Waals surface area (Å²) in [6.45, 7) is 0. The number of amides is 1. The lowest BCUT2D eigenvalue weighted by atomic mass is 10.1. The first kappa shape index (κ1) is 9.21. The van der Waals surface area contributed by atoms with Crippen LogP contribution in [0.15, 0.2) is 18.2 Å². The van der Waals surface area contributed by atoms with E-state index in [4.69, 9.17) is 11.6 Å². The molecule has 0 aromatic heterocycles. The van der Waals surface area contributed by atoms with Crippen molar-refractivity contribution < 1.29 is 9.59 Å². The van der Waals surface area contributed by atoms with Crippen molar-refractivity contribution >= 4 is 17.9 Å². The molecule has 0 spiro atoms. The number of hydrazine groups is 1. The molecule has 0 aliphatic carbocycles. The molecule has 0 radical (unpaired) electrons. The fraction of sp³-hybridized carbons (Fsp3) is 0. The Kier molecular flexibility index (Phi) is 2.61. The van der Waals surface area contributed by atoms with E-state index in [0.29, 0.717) is 12.0 Å². The SMILES string of the molecule is NNC(=O)c1cc(N)ccc1C=O. The predicted octanol–water partition coefficient (Wildman–Crippen LogP) is -0.315. The number of carbonyl (C=O) groups is 2. The Hall–Kier alpha value is -1.88. The maximum absolute atomic E-state index is 11.1. The van der Waals surface area contributed by atoms with Gasteiger partial charge < -0.3 is 5.73 Å². The number of aldehydes is 1. The van der Waals surface area contributed by atoms with Gasteiger partial charge in [-0.2, -0.15) is 0 Å². The fourth-order valence-electron chi connectivity index (χ4n) is 0.951. The maximum Gasteiger partial charge on any atom is 0.265 e. The normalized spacial score (nSPS) is 9.31. The van der Waals surface area contributed by atoms with Crippen LogP contribution in [0.1, 0.15) is 20.7 Å². The molecule has 0 saturated heterocycles. The average molecular weight is 179 g/mol. The van der Waals surface area contributed by atoms with Crippen LogP contribution in [0, 0.1) is 0 Å². The summed E-state index contributed by atoms with van der Waals surface area (Å²) < 4.78 is 0. The van der Waals surface area contributed by atoms with Gasteiger partial charge in [-0.15, -0.1) is 0 Å². The molecular weight excluding hydrogens is 170 g/mol. The predicted molar refractivity (Wildman–Crippen MR) is 47.9 cm³/mol. The third-order valence-electron chi connectivity index (χ3n) is 1.58. The highest BCUT2D eigenvalue weighted by Crippen LogP contribution is 2.11. The molecule has 1 aromatic rings. The largest absolute Gasteiger partial charge is 0.399 e. The first-order valence-electron chi connectivity index (χ1n) is 3.54. The van der Waals surface area contributed by atoms with E-state index in [1.165, 1.54) is 18.2 Å². The van der Waals surface area contributed by atoms with Gasteiger partial charge in [-0.05, 0) is 18.2 Å². The van der Waals surface area contributed by atoms with Gasteiger partial charge in [0.05, 0.1) is 5.56 Å². The van der Waals surface area contributed by atoms with Crippen molar-refractivity contribution in [3.05, 3.63) is 29.3 Å². The van der Waals surface area contributed by atoms with E-state index in [0.717, 1.165) is 0 Å². The second-order valence-electron chi connectivity index (χ2n) is 2.44. The topological polar surface area (TPSA) is 98.2 Å². The lowest BCUT2D eigenvalue weighted by Gasteiger charge is -2.03. The van der Waals surface area contributed by atoms with Gasteiger partial charge in [0.1, 0.15) is 0 Å². The highest BCUT2D eigenvalue weighted by atomic mass is 16.2. The molecule has 0 unspecified atom stereocenters. The zero-order valence-electron chi connectivity index (χ0n) is 6.78. The van der Waals surface area contributed by atoms with E-state index < -0.39 is 5.91 Å². The van der Waals surface area contributed by atoms with Gasteiger partial charge in [-0.3, -0.25) is 15.0 Å². The third-order valence-corrected chi connectivity index (χ3v) is 1.58. The minimum Gasteiger partial charge on any atom is -0.399 e. The number of anilines is 1. The summed E-state index contributed by atoms with van der Waals surface area (Å²) in [6.07, 6.45) is 0.573. The smallest absolute Gasteiger partial charge is 0.265 e. The van der Waals surface area contributed by atoms with Crippen LogP contribution in [0.3, 0.4) is 0 Å². The lowest BCUT2D eigenvalue weighted by molar-refractivity contribution is 0.0948. The molecule has 0 saturated carbocycles. The molecule has 0 aliphatic heterocycles. The lowest BCUT2D eigenvalue weighted by Crippen LogP contribution is -2.30. The molecule has 5 N–H and O–H groups in total. The summed E-state index contributed by atoms with van der Waals surface area (Å²) >= 11 is 0. The summed E-state index contributed by atoms with van der Waals surface area (Å²) in [7, 11) is 0. The van der Waals surface area contributed by atoms with Gasteiger partial charge >= 0.3 is 0 Å². The minimum absolute atomic E-state index is 0.178. The summed E-state index contributed by atoms with van der Waals surface area (Å²) in [6, 6.07) is 4.40. The van der Waals surface area contributed by atoms with E-state index in [-0.39, 0.29) is 11.1 Å². The van der Waals surface area contributed by atoms with Gasteiger partial charge in [0.25, 0.3) is 5.91 Å². The van der Waals surface area contributed by atoms with E-state index in [9.17, 15) is 9.59 Å². The average Bonchev–Trinajstić information content (AvgIpc) is 2.16. The van der Waals surface area contributed by atoms with Crippen molar-refractivity contribution in [3.63, 3.8) is 0 Å². The Balaban J connectivity index is 3.23. The molecule has 1 rings (SSSR count). The first-order valence-corrected chi connectivity index (χ1v) is 3.54. The van der Waals surface area contributed by atoms with Gasteiger partial charge in [-0.25, -0.2) is 5.84 Å². The molecule has 1 aromatic carbocycles. The molecule has 0 heterocycles. The molecule has 5 nitrogen and oxygen atoms in total. The van der Waals surface area contributed by atoms with Crippen molar-refractivity contribution in [3.8, 4) is 0 Å². The molecule has 68 valence electrons. The fourth-order valence-corrected chi connectivity index (χ4v) is 0.951. The first-order chi connectivity index (χ1) is 6.19. The monoisotopic (exact) mass is 179 g/mol. The van der Waals surface area contributed by atoms with Crippen LogP contribution in [-0.4, -0.2) is 12.2 Å². The van der Waals surface area contributed by atoms with E-state index in [1.807, 2.05) is 5.43 Å². The molecular formula is C8H9N3O2. The number of nitrogen functional groups attached to an aromatic ring is 2. The van der Waals surface area contributed by atoms with E-state index in [1.54, 1.807) is 0 Å². The summed E-state index contributed by atoms with van der Waals surface area (Å²) in [5.41, 5.74) is 8.21. The quantitative estimate of drug-likeness (QED) is 0.190. The van der Waals surface area contributed by atoms with E-state index in [2.05, 4.69) is 0 Å². The van der Waals surface area contributed by atoms with Crippen molar-refractivity contribution in [1.82, 2.24) is 5.43 Å². The van der Waals surface area contributed by atoms with Crippen LogP contribution in [-0.2, 0) is 0 Å². The van der Waals surface area contributed by atoms with Crippen LogP contribution in [0.4, 0.5) is 5.69 Å². The highest BCUT2D eigenvalue weighted by Gasteiger charge is 2.09. The second-order valence-corrected chi connectivity index (χ2v) is 2.44. The van der Waals surface area contributed by atoms with Crippen LogP contribution in [0.5, 0.6) is 0 Å².